The summed E-state index contributed by atoms with van der Waals surface area (Å²) in [7, 11) is 0. The molecule has 0 heterocycles. The quantitative estimate of drug-likeness (QED) is 0.136. The topological polar surface area (TPSA) is 150 Å². The summed E-state index contributed by atoms with van der Waals surface area (Å²) < 4.78 is 0. The Morgan fingerprint density at radius 1 is 0.912 bits per heavy atom. The van der Waals surface area contributed by atoms with Crippen molar-refractivity contribution >= 4 is 5.97 Å². The molecule has 34 heavy (non-hydrogen) atoms. The highest BCUT2D eigenvalue weighted by molar-refractivity contribution is 5.73. The molecule has 0 aliphatic rings. The van der Waals surface area contributed by atoms with Gasteiger partial charge in [-0.15, -0.1) is 0 Å². The molecule has 196 valence electrons. The lowest BCUT2D eigenvalue weighted by molar-refractivity contribution is -0.138. The van der Waals surface area contributed by atoms with E-state index in [0.717, 1.165) is 12.0 Å². The summed E-state index contributed by atoms with van der Waals surface area (Å²) in [5.74, 6) is -0.860. The molecule has 3 atom stereocenters. The van der Waals surface area contributed by atoms with Crippen molar-refractivity contribution in [3.05, 3.63) is 42.0 Å². The molecule has 0 saturated heterocycles. The van der Waals surface area contributed by atoms with Crippen LogP contribution in [0.4, 0.5) is 0 Å². The summed E-state index contributed by atoms with van der Waals surface area (Å²) >= 11 is 0. The van der Waals surface area contributed by atoms with Gasteiger partial charge in [0.1, 0.15) is 11.8 Å². The number of unbranched alkanes of at least 4 members (excludes halogenated alkanes) is 11. The lowest BCUT2D eigenvalue weighted by atomic mass is 10.0. The summed E-state index contributed by atoms with van der Waals surface area (Å²) in [6.45, 7) is 2.08. The van der Waals surface area contributed by atoms with E-state index in [1.54, 1.807) is 18.2 Å². The maximum absolute atomic E-state index is 10.4. The average molecular weight is 481 g/mol. The second kappa shape index (κ2) is 21.6. The highest BCUT2D eigenvalue weighted by atomic mass is 16.4. The van der Waals surface area contributed by atoms with E-state index in [0.29, 0.717) is 0 Å². The summed E-state index contributed by atoms with van der Waals surface area (Å²) in [4.78, 5) is 10.4. The molecule has 0 aliphatic heterocycles. The maximum Gasteiger partial charge on any atom is 0.320 e. The van der Waals surface area contributed by atoms with Crippen molar-refractivity contribution in [1.82, 2.24) is 0 Å². The summed E-state index contributed by atoms with van der Waals surface area (Å²) in [6, 6.07) is 4.87. The molecular weight excluding hydrogens is 432 g/mol. The van der Waals surface area contributed by atoms with Gasteiger partial charge in [-0.25, -0.2) is 0 Å². The van der Waals surface area contributed by atoms with Crippen molar-refractivity contribution in [2.45, 2.75) is 109 Å². The van der Waals surface area contributed by atoms with Crippen LogP contribution in [0.5, 0.6) is 5.75 Å². The molecule has 0 saturated carbocycles. The third-order valence-corrected chi connectivity index (χ3v) is 5.67. The van der Waals surface area contributed by atoms with Gasteiger partial charge in [0.25, 0.3) is 0 Å². The van der Waals surface area contributed by atoms with E-state index in [2.05, 4.69) is 6.92 Å². The Kier molecular flexibility index (Phi) is 20.4. The smallest absolute Gasteiger partial charge is 0.320 e. The number of carboxylic acid groups (broad SMARTS) is 1. The van der Waals surface area contributed by atoms with Crippen LogP contribution in [-0.4, -0.2) is 51.2 Å². The van der Waals surface area contributed by atoms with Crippen LogP contribution in [0, 0.1) is 0 Å². The van der Waals surface area contributed by atoms with Gasteiger partial charge in [-0.1, -0.05) is 95.4 Å². The van der Waals surface area contributed by atoms with Gasteiger partial charge in [-0.2, -0.15) is 0 Å². The third kappa shape index (κ3) is 18.5. The highest BCUT2D eigenvalue weighted by Gasteiger charge is 2.11. The van der Waals surface area contributed by atoms with E-state index in [4.69, 9.17) is 26.8 Å². The van der Waals surface area contributed by atoms with Crippen LogP contribution in [-0.2, 0) is 11.2 Å². The fourth-order valence-electron chi connectivity index (χ4n) is 3.39. The molecule has 1 aromatic rings. The zero-order valence-electron chi connectivity index (χ0n) is 20.9. The third-order valence-electron chi connectivity index (χ3n) is 5.67. The number of benzene rings is 1. The molecule has 0 fully saturated rings. The molecule has 0 spiro atoms. The number of aliphatic carboxylic acids is 1. The number of aliphatic hydroxyl groups is 2. The number of hydrogen-bond acceptors (Lipinski definition) is 6. The van der Waals surface area contributed by atoms with Gasteiger partial charge in [0.05, 0.1) is 18.8 Å². The van der Waals surface area contributed by atoms with Crippen LogP contribution in [0.3, 0.4) is 0 Å². The zero-order chi connectivity index (χ0) is 25.6. The van der Waals surface area contributed by atoms with E-state index >= 15 is 0 Å². The first-order valence-electron chi connectivity index (χ1n) is 12.8. The number of allylic oxidation sites excluding steroid dienone is 1. The molecule has 0 bridgehead atoms. The SMILES string of the molecule is CCCCCCCCCCCCC/C=C/C(O)C(N)CO.NC(Cc1ccc(O)cc1)C(=O)O. The van der Waals surface area contributed by atoms with Crippen molar-refractivity contribution in [3.8, 4) is 5.75 Å². The maximum atomic E-state index is 10.4. The Morgan fingerprint density at radius 2 is 1.41 bits per heavy atom. The second-order valence-electron chi connectivity index (χ2n) is 8.90. The van der Waals surface area contributed by atoms with Crippen molar-refractivity contribution < 1.29 is 25.2 Å². The fourth-order valence-corrected chi connectivity index (χ4v) is 3.39. The summed E-state index contributed by atoms with van der Waals surface area (Å²) in [5.41, 5.74) is 11.6. The van der Waals surface area contributed by atoms with Crippen LogP contribution in [0.25, 0.3) is 0 Å². The standard InChI is InChI=1S/C18H37NO2.C9H11NO3/c1-2-3-4-5-6-7-8-9-10-11-12-13-14-15-18(21)17(19)16-20;10-8(9(12)13)5-6-1-3-7(11)4-2-6/h14-15,17-18,20-21H,2-13,16,19H2,1H3;1-4,8,11H,5,10H2,(H,12,13)/b15-14+;. The van der Waals surface area contributed by atoms with Crippen molar-refractivity contribution in [1.29, 1.82) is 0 Å². The summed E-state index contributed by atoms with van der Waals surface area (Å²) in [6.07, 6.45) is 19.1. The van der Waals surface area contributed by atoms with Gasteiger partial charge in [0.15, 0.2) is 0 Å². The van der Waals surface area contributed by atoms with Gasteiger partial charge in [-0.3, -0.25) is 4.79 Å². The fraction of sp³-hybridized carbons (Fsp3) is 0.667. The Bertz CT molecular complexity index is 636. The number of carboxylic acids is 1. The van der Waals surface area contributed by atoms with Crippen molar-refractivity contribution in [2.75, 3.05) is 6.61 Å². The van der Waals surface area contributed by atoms with E-state index in [9.17, 15) is 9.90 Å². The first-order valence-corrected chi connectivity index (χ1v) is 12.8. The minimum absolute atomic E-state index is 0.160. The van der Waals surface area contributed by atoms with Crippen LogP contribution >= 0.6 is 0 Å². The molecular formula is C27H48N2O5. The van der Waals surface area contributed by atoms with E-state index in [1.165, 1.54) is 82.8 Å². The first-order chi connectivity index (χ1) is 16.3. The monoisotopic (exact) mass is 480 g/mol. The van der Waals surface area contributed by atoms with Crippen LogP contribution in [0.1, 0.15) is 89.5 Å². The first kappa shape index (κ1) is 32.1. The van der Waals surface area contributed by atoms with Gasteiger partial charge in [-0.05, 0) is 37.0 Å². The summed E-state index contributed by atoms with van der Waals surface area (Å²) in [5, 5.41) is 35.8. The molecule has 0 radical (unpaired) electrons. The minimum atomic E-state index is -1.02. The number of phenolic OH excluding ortho intramolecular Hbond substituents is 1. The van der Waals surface area contributed by atoms with Gasteiger partial charge < -0.3 is 31.9 Å². The number of aromatic hydroxyl groups is 1. The molecule has 0 aromatic heterocycles. The van der Waals surface area contributed by atoms with E-state index in [-0.39, 0.29) is 18.8 Å². The lowest BCUT2D eigenvalue weighted by Crippen LogP contribution is -2.36. The molecule has 3 unspecified atom stereocenters. The molecule has 1 aromatic carbocycles. The number of hydrogen-bond donors (Lipinski definition) is 6. The van der Waals surface area contributed by atoms with Crippen LogP contribution in [0.2, 0.25) is 0 Å². The number of phenols is 1. The normalized spacial score (nSPS) is 13.8. The Balaban J connectivity index is 0.000000712. The van der Waals surface area contributed by atoms with Crippen molar-refractivity contribution in [2.24, 2.45) is 11.5 Å². The zero-order valence-corrected chi connectivity index (χ0v) is 20.9. The van der Waals surface area contributed by atoms with Gasteiger partial charge >= 0.3 is 5.97 Å². The number of carbonyl (C=O) groups is 1. The largest absolute Gasteiger partial charge is 0.508 e. The van der Waals surface area contributed by atoms with Crippen molar-refractivity contribution in [3.63, 3.8) is 0 Å². The Hall–Kier alpha value is -1.93. The van der Waals surface area contributed by atoms with Crippen LogP contribution in [0.15, 0.2) is 36.4 Å². The Labute approximate surface area is 205 Å². The molecule has 0 aliphatic carbocycles. The Morgan fingerprint density at radius 3 is 1.88 bits per heavy atom. The highest BCUT2D eigenvalue weighted by Crippen LogP contribution is 2.12. The molecule has 8 N–H and O–H groups in total. The average Bonchev–Trinajstić information content (AvgIpc) is 2.83. The number of aliphatic hydroxyl groups excluding tert-OH is 2. The van der Waals surface area contributed by atoms with Gasteiger partial charge in [0.2, 0.25) is 0 Å². The van der Waals surface area contributed by atoms with E-state index in [1.807, 2.05) is 6.08 Å². The molecule has 1 rings (SSSR count). The predicted molar refractivity (Wildman–Crippen MR) is 139 cm³/mol. The minimum Gasteiger partial charge on any atom is -0.508 e. The predicted octanol–water partition coefficient (Wildman–Crippen LogP) is 4.27. The molecule has 7 heteroatoms. The van der Waals surface area contributed by atoms with E-state index < -0.39 is 24.2 Å². The molecule has 0 amide bonds. The van der Waals surface area contributed by atoms with Gasteiger partial charge in [0, 0.05) is 0 Å². The second-order valence-corrected chi connectivity index (χ2v) is 8.90. The molecule has 7 nitrogen and oxygen atoms in total. The van der Waals surface area contributed by atoms with Crippen LogP contribution < -0.4 is 11.5 Å². The lowest BCUT2D eigenvalue weighted by Gasteiger charge is -2.11. The number of nitrogens with two attached hydrogens (primary N) is 2. The number of rotatable bonds is 18.